The van der Waals surface area contributed by atoms with Gasteiger partial charge in [-0.15, -0.1) is 0 Å². The third-order valence-electron chi connectivity index (χ3n) is 4.26. The lowest BCUT2D eigenvalue weighted by molar-refractivity contribution is 0.137. The van der Waals surface area contributed by atoms with Crippen LogP contribution in [0.2, 0.25) is 0 Å². The summed E-state index contributed by atoms with van der Waals surface area (Å²) >= 11 is 10.5. The molecular weight excluding hydrogens is 385 g/mol. The first-order chi connectivity index (χ1) is 11.3. The average Bonchev–Trinajstić information content (AvgIpc) is 3.30. The minimum absolute atomic E-state index is 0.673. The molecule has 0 saturated carbocycles. The molecule has 7 heteroatoms. The summed E-state index contributed by atoms with van der Waals surface area (Å²) in [6, 6.07) is 0. The summed E-state index contributed by atoms with van der Waals surface area (Å²) < 4.78 is 12.0. The third kappa shape index (κ3) is 7.83. The van der Waals surface area contributed by atoms with Crippen molar-refractivity contribution in [3.05, 3.63) is 0 Å². The van der Waals surface area contributed by atoms with Gasteiger partial charge in [0.05, 0.1) is 26.4 Å². The van der Waals surface area contributed by atoms with Crippen LogP contribution in [0.1, 0.15) is 12.8 Å². The lowest BCUT2D eigenvalue weighted by atomic mass is 10.2. The van der Waals surface area contributed by atoms with Crippen LogP contribution in [-0.2, 0) is 9.47 Å². The molecule has 0 aliphatic carbocycles. The van der Waals surface area contributed by atoms with Gasteiger partial charge in [0, 0.05) is 54.5 Å². The van der Waals surface area contributed by atoms with E-state index in [1.807, 2.05) is 23.5 Å². The maximum Gasteiger partial charge on any atom is 0.0593 e. The van der Waals surface area contributed by atoms with E-state index in [1.54, 1.807) is 0 Å². The van der Waals surface area contributed by atoms with Gasteiger partial charge in [-0.05, 0) is 12.8 Å². The maximum absolute atomic E-state index is 6.02. The zero-order chi connectivity index (χ0) is 15.5. The van der Waals surface area contributed by atoms with Crippen molar-refractivity contribution in [3.63, 3.8) is 0 Å². The monoisotopic (exact) mass is 410 g/mol. The highest BCUT2D eigenvalue weighted by molar-refractivity contribution is 8.07. The minimum atomic E-state index is 0.673. The van der Waals surface area contributed by atoms with Crippen LogP contribution in [0.25, 0.3) is 0 Å². The van der Waals surface area contributed by atoms with Gasteiger partial charge in [0.15, 0.2) is 0 Å². The fourth-order valence-corrected chi connectivity index (χ4v) is 6.54. The number of hydrogen-bond donors (Lipinski definition) is 0. The molecule has 4 fully saturated rings. The molecule has 2 nitrogen and oxygen atoms in total. The van der Waals surface area contributed by atoms with Crippen molar-refractivity contribution in [3.8, 4) is 0 Å². The van der Waals surface area contributed by atoms with E-state index in [4.69, 9.17) is 9.47 Å². The van der Waals surface area contributed by atoms with Crippen LogP contribution in [0.15, 0.2) is 0 Å². The predicted octanol–water partition coefficient (Wildman–Crippen LogP) is 3.73. The summed E-state index contributed by atoms with van der Waals surface area (Å²) in [5, 5.41) is 4.76. The Labute approximate surface area is 161 Å². The second-order valence-electron chi connectivity index (χ2n) is 6.75. The summed E-state index contributed by atoms with van der Waals surface area (Å²) in [5.41, 5.74) is 0. The Morgan fingerprint density at radius 2 is 1.09 bits per heavy atom. The van der Waals surface area contributed by atoms with E-state index >= 15 is 0 Å². The molecule has 4 saturated heterocycles. The van der Waals surface area contributed by atoms with Gasteiger partial charge in [-0.1, -0.05) is 0 Å². The van der Waals surface area contributed by atoms with Gasteiger partial charge in [0.25, 0.3) is 0 Å². The van der Waals surface area contributed by atoms with Crippen molar-refractivity contribution in [1.82, 2.24) is 0 Å². The zero-order valence-electron chi connectivity index (χ0n) is 13.4. The predicted molar refractivity (Wildman–Crippen MR) is 111 cm³/mol. The Kier molecular flexibility index (Phi) is 7.10. The fraction of sp³-hybridized carbons (Fsp3) is 1.00. The van der Waals surface area contributed by atoms with E-state index in [0.29, 0.717) is 10.5 Å². The smallest absolute Gasteiger partial charge is 0.0593 e. The van der Waals surface area contributed by atoms with Gasteiger partial charge in [0.2, 0.25) is 0 Å². The Morgan fingerprint density at radius 3 is 1.43 bits per heavy atom. The van der Waals surface area contributed by atoms with Crippen LogP contribution < -0.4 is 0 Å². The second kappa shape index (κ2) is 9.05. The first kappa shape index (κ1) is 18.1. The molecular formula is C16H26O2S5. The lowest BCUT2D eigenvalue weighted by Crippen LogP contribution is -2.24. The van der Waals surface area contributed by atoms with E-state index in [2.05, 4.69) is 35.3 Å². The molecule has 23 heavy (non-hydrogen) atoms. The molecule has 0 spiro atoms. The molecule has 6 atom stereocenters. The third-order valence-corrected chi connectivity index (χ3v) is 9.56. The molecule has 0 radical (unpaired) electrons. The van der Waals surface area contributed by atoms with E-state index in [-0.39, 0.29) is 0 Å². The molecule has 0 aromatic heterocycles. The highest BCUT2D eigenvalue weighted by Crippen LogP contribution is 2.41. The highest BCUT2D eigenvalue weighted by Gasteiger charge is 2.33. The molecule has 132 valence electrons. The molecule has 0 amide bonds. The minimum Gasteiger partial charge on any atom is -0.379 e. The zero-order valence-corrected chi connectivity index (χ0v) is 17.5. The standard InChI is InChI=1S/C16H26O2S5/c1(13-7-19-13)11(3-17-5-15-9-21-15)23-12(2-14-8-20-14)4-18-6-16-10-22-16/h11-16H,1-10H2. The van der Waals surface area contributed by atoms with Gasteiger partial charge < -0.3 is 9.47 Å². The van der Waals surface area contributed by atoms with Crippen LogP contribution in [0, 0.1) is 0 Å². The second-order valence-corrected chi connectivity index (χ2v) is 13.7. The quantitative estimate of drug-likeness (QED) is 0.401. The molecule has 0 aromatic rings. The topological polar surface area (TPSA) is 18.5 Å². The van der Waals surface area contributed by atoms with Crippen LogP contribution in [0.5, 0.6) is 0 Å². The fourth-order valence-electron chi connectivity index (χ4n) is 2.58. The summed E-state index contributed by atoms with van der Waals surface area (Å²) in [4.78, 5) is 0. The number of ether oxygens (including phenoxy) is 2. The number of rotatable bonds is 14. The maximum atomic E-state index is 6.02. The Morgan fingerprint density at radius 1 is 0.696 bits per heavy atom. The van der Waals surface area contributed by atoms with Crippen LogP contribution >= 0.6 is 58.8 Å². The van der Waals surface area contributed by atoms with Crippen molar-refractivity contribution >= 4 is 58.8 Å². The molecule has 6 unspecified atom stereocenters. The normalized spacial score (nSPS) is 36.5. The van der Waals surface area contributed by atoms with Crippen molar-refractivity contribution < 1.29 is 9.47 Å². The van der Waals surface area contributed by atoms with Crippen LogP contribution in [0.3, 0.4) is 0 Å². The first-order valence-corrected chi connectivity index (χ1v) is 13.8. The largest absolute Gasteiger partial charge is 0.379 e. The van der Waals surface area contributed by atoms with Crippen molar-refractivity contribution in [2.24, 2.45) is 0 Å². The summed E-state index contributed by atoms with van der Waals surface area (Å²) in [6.07, 6.45) is 2.67. The van der Waals surface area contributed by atoms with Crippen molar-refractivity contribution in [2.75, 3.05) is 49.4 Å². The van der Waals surface area contributed by atoms with Crippen LogP contribution in [0.4, 0.5) is 0 Å². The number of hydrogen-bond acceptors (Lipinski definition) is 7. The Bertz CT molecular complexity index is 335. The summed E-state index contributed by atoms with van der Waals surface area (Å²) in [6.45, 7) is 3.84. The van der Waals surface area contributed by atoms with Gasteiger partial charge in [-0.2, -0.15) is 58.8 Å². The molecule has 0 aromatic carbocycles. The van der Waals surface area contributed by atoms with Gasteiger partial charge in [-0.25, -0.2) is 0 Å². The molecule has 0 N–H and O–H groups in total. The van der Waals surface area contributed by atoms with Gasteiger partial charge in [-0.3, -0.25) is 0 Å². The van der Waals surface area contributed by atoms with E-state index < -0.39 is 0 Å². The SMILES string of the molecule is C(OCC(CC1CS1)SC(COCC1CS1)CC1CS1)C1CS1. The molecule has 0 bridgehead atoms. The molecule has 4 aliphatic heterocycles. The molecule has 4 aliphatic rings. The summed E-state index contributed by atoms with van der Waals surface area (Å²) in [7, 11) is 0. The molecule has 4 heterocycles. The lowest BCUT2D eigenvalue weighted by Gasteiger charge is -2.23. The van der Waals surface area contributed by atoms with E-state index in [1.165, 1.54) is 35.9 Å². The van der Waals surface area contributed by atoms with E-state index in [9.17, 15) is 0 Å². The van der Waals surface area contributed by atoms with Gasteiger partial charge >= 0.3 is 0 Å². The van der Waals surface area contributed by atoms with E-state index in [0.717, 1.165) is 47.4 Å². The average molecular weight is 411 g/mol. The summed E-state index contributed by atoms with van der Waals surface area (Å²) in [5.74, 6) is 5.36. The Hall–Kier alpha value is 1.67. The van der Waals surface area contributed by atoms with Crippen molar-refractivity contribution in [2.45, 2.75) is 44.3 Å². The van der Waals surface area contributed by atoms with Crippen LogP contribution in [-0.4, -0.2) is 80.9 Å². The highest BCUT2D eigenvalue weighted by atomic mass is 32.2. The Balaban J connectivity index is 1.20. The molecule has 4 rings (SSSR count). The van der Waals surface area contributed by atoms with Gasteiger partial charge in [0.1, 0.15) is 0 Å². The number of thioether (sulfide) groups is 5. The first-order valence-electron chi connectivity index (χ1n) is 8.62. The van der Waals surface area contributed by atoms with Crippen molar-refractivity contribution in [1.29, 1.82) is 0 Å².